The lowest BCUT2D eigenvalue weighted by molar-refractivity contribution is 0.246. The van der Waals surface area contributed by atoms with Gasteiger partial charge in [-0.25, -0.2) is 12.8 Å². The van der Waals surface area contributed by atoms with Crippen molar-refractivity contribution < 1.29 is 17.9 Å². The van der Waals surface area contributed by atoms with E-state index in [0.717, 1.165) is 31.7 Å². The lowest BCUT2D eigenvalue weighted by Gasteiger charge is -2.34. The standard InChI is InChI=1S/C14H20FNO3S/c1-2-12-5-3-4-8-16(12)20(18,19)13-6-7-14(15)11(9-13)10-17/h6-7,9,12,17H,2-5,8,10H2,1H3. The molecule has 0 aliphatic carbocycles. The van der Waals surface area contributed by atoms with E-state index in [0.29, 0.717) is 6.54 Å². The summed E-state index contributed by atoms with van der Waals surface area (Å²) < 4.78 is 40.2. The van der Waals surface area contributed by atoms with E-state index < -0.39 is 22.4 Å². The van der Waals surface area contributed by atoms with Crippen molar-refractivity contribution >= 4 is 10.0 Å². The van der Waals surface area contributed by atoms with Crippen LogP contribution in [-0.4, -0.2) is 30.4 Å². The van der Waals surface area contributed by atoms with E-state index in [2.05, 4.69) is 0 Å². The van der Waals surface area contributed by atoms with Gasteiger partial charge in [0.2, 0.25) is 10.0 Å². The molecule has 4 nitrogen and oxygen atoms in total. The number of rotatable bonds is 4. The molecule has 1 saturated heterocycles. The maximum absolute atomic E-state index is 13.4. The lowest BCUT2D eigenvalue weighted by atomic mass is 10.0. The highest BCUT2D eigenvalue weighted by atomic mass is 32.2. The van der Waals surface area contributed by atoms with E-state index in [4.69, 9.17) is 5.11 Å². The maximum atomic E-state index is 13.4. The molecule has 1 fully saturated rings. The number of aliphatic hydroxyl groups is 1. The van der Waals surface area contributed by atoms with Crippen LogP contribution in [0.15, 0.2) is 23.1 Å². The van der Waals surface area contributed by atoms with Crippen molar-refractivity contribution in [1.29, 1.82) is 0 Å². The molecule has 1 aromatic carbocycles. The Morgan fingerprint density at radius 3 is 2.80 bits per heavy atom. The van der Waals surface area contributed by atoms with Crippen molar-refractivity contribution in [1.82, 2.24) is 4.31 Å². The van der Waals surface area contributed by atoms with Gasteiger partial charge in [0.25, 0.3) is 0 Å². The molecule has 1 N–H and O–H groups in total. The third kappa shape index (κ3) is 2.87. The fourth-order valence-corrected chi connectivity index (χ4v) is 4.48. The SMILES string of the molecule is CCC1CCCCN1S(=O)(=O)c1ccc(F)c(CO)c1. The minimum Gasteiger partial charge on any atom is -0.392 e. The maximum Gasteiger partial charge on any atom is 0.243 e. The van der Waals surface area contributed by atoms with Crippen LogP contribution < -0.4 is 0 Å². The van der Waals surface area contributed by atoms with Crippen molar-refractivity contribution in [2.45, 2.75) is 50.2 Å². The highest BCUT2D eigenvalue weighted by Crippen LogP contribution is 2.27. The molecule has 6 heteroatoms. The number of halogens is 1. The number of sulfonamides is 1. The van der Waals surface area contributed by atoms with Gasteiger partial charge in [-0.1, -0.05) is 13.3 Å². The molecule has 0 radical (unpaired) electrons. The molecule has 20 heavy (non-hydrogen) atoms. The van der Waals surface area contributed by atoms with Gasteiger partial charge in [-0.05, 0) is 37.5 Å². The highest BCUT2D eigenvalue weighted by Gasteiger charge is 2.32. The molecular weight excluding hydrogens is 281 g/mol. The minimum absolute atomic E-state index is 0.0103. The van der Waals surface area contributed by atoms with Gasteiger partial charge < -0.3 is 5.11 Å². The first kappa shape index (κ1) is 15.4. The van der Waals surface area contributed by atoms with Crippen molar-refractivity contribution in [2.75, 3.05) is 6.54 Å². The van der Waals surface area contributed by atoms with Gasteiger partial charge in [0.05, 0.1) is 11.5 Å². The Morgan fingerprint density at radius 2 is 2.15 bits per heavy atom. The lowest BCUT2D eigenvalue weighted by Crippen LogP contribution is -2.43. The molecule has 0 saturated carbocycles. The quantitative estimate of drug-likeness (QED) is 0.928. The van der Waals surface area contributed by atoms with Crippen LogP contribution in [0.4, 0.5) is 4.39 Å². The summed E-state index contributed by atoms with van der Waals surface area (Å²) in [5.41, 5.74) is 0.0103. The van der Waals surface area contributed by atoms with Crippen LogP contribution in [0.3, 0.4) is 0 Å². The summed E-state index contributed by atoms with van der Waals surface area (Å²) in [5, 5.41) is 9.07. The summed E-state index contributed by atoms with van der Waals surface area (Å²) in [6.45, 7) is 1.97. The zero-order chi connectivity index (χ0) is 14.8. The molecule has 0 spiro atoms. The number of piperidine rings is 1. The molecule has 2 rings (SSSR count). The zero-order valence-corrected chi connectivity index (χ0v) is 12.4. The number of hydrogen-bond donors (Lipinski definition) is 1. The molecular formula is C14H20FNO3S. The molecule has 1 aliphatic rings. The Kier molecular flexibility index (Phi) is 4.78. The molecule has 1 aromatic rings. The average Bonchev–Trinajstić information content (AvgIpc) is 2.47. The monoisotopic (exact) mass is 301 g/mol. The summed E-state index contributed by atoms with van der Waals surface area (Å²) in [5.74, 6) is -0.586. The predicted molar refractivity (Wildman–Crippen MR) is 74.1 cm³/mol. The first-order chi connectivity index (χ1) is 9.50. The molecule has 1 aliphatic heterocycles. The van der Waals surface area contributed by atoms with Crippen LogP contribution in [0.2, 0.25) is 0 Å². The first-order valence-electron chi connectivity index (χ1n) is 6.91. The number of benzene rings is 1. The Balaban J connectivity index is 2.38. The second-order valence-corrected chi connectivity index (χ2v) is 6.98. The van der Waals surface area contributed by atoms with Gasteiger partial charge in [0.1, 0.15) is 5.82 Å². The molecule has 1 unspecified atom stereocenters. The Morgan fingerprint density at radius 1 is 1.40 bits per heavy atom. The number of hydrogen-bond acceptors (Lipinski definition) is 3. The first-order valence-corrected chi connectivity index (χ1v) is 8.35. The average molecular weight is 301 g/mol. The van der Waals surface area contributed by atoms with Gasteiger partial charge in [0, 0.05) is 18.2 Å². The number of aliphatic hydroxyl groups excluding tert-OH is 1. The predicted octanol–water partition coefficient (Wildman–Crippen LogP) is 2.27. The largest absolute Gasteiger partial charge is 0.392 e. The number of nitrogens with zero attached hydrogens (tertiary/aromatic N) is 1. The molecule has 0 amide bonds. The Labute approximate surface area is 119 Å². The van der Waals surface area contributed by atoms with Crippen LogP contribution in [0.1, 0.15) is 38.2 Å². The van der Waals surface area contributed by atoms with Gasteiger partial charge in [-0.15, -0.1) is 0 Å². The van der Waals surface area contributed by atoms with Crippen LogP contribution >= 0.6 is 0 Å². The van der Waals surface area contributed by atoms with Gasteiger partial charge in [-0.2, -0.15) is 4.31 Å². The van der Waals surface area contributed by atoms with Crippen molar-refractivity contribution in [3.05, 3.63) is 29.6 Å². The Bertz CT molecular complexity index is 574. The smallest absolute Gasteiger partial charge is 0.243 e. The third-order valence-electron chi connectivity index (χ3n) is 3.84. The molecule has 112 valence electrons. The normalized spacial score (nSPS) is 21.1. The van der Waals surface area contributed by atoms with Crippen LogP contribution in [0.25, 0.3) is 0 Å². The van der Waals surface area contributed by atoms with Crippen molar-refractivity contribution in [2.24, 2.45) is 0 Å². The molecule has 0 bridgehead atoms. The van der Waals surface area contributed by atoms with E-state index >= 15 is 0 Å². The van der Waals surface area contributed by atoms with Gasteiger partial charge in [-0.3, -0.25) is 0 Å². The fraction of sp³-hybridized carbons (Fsp3) is 0.571. The second-order valence-electron chi connectivity index (χ2n) is 5.08. The fourth-order valence-electron chi connectivity index (χ4n) is 2.67. The molecule has 1 heterocycles. The van der Waals surface area contributed by atoms with E-state index in [-0.39, 0.29) is 16.5 Å². The third-order valence-corrected chi connectivity index (χ3v) is 5.79. The highest BCUT2D eigenvalue weighted by molar-refractivity contribution is 7.89. The molecule has 0 aromatic heterocycles. The molecule has 1 atom stereocenters. The van der Waals surface area contributed by atoms with E-state index in [1.807, 2.05) is 6.92 Å². The van der Waals surface area contributed by atoms with Crippen LogP contribution in [0.5, 0.6) is 0 Å². The van der Waals surface area contributed by atoms with Gasteiger partial charge >= 0.3 is 0 Å². The second kappa shape index (κ2) is 6.20. The van der Waals surface area contributed by atoms with E-state index in [1.54, 1.807) is 0 Å². The van der Waals surface area contributed by atoms with Crippen molar-refractivity contribution in [3.8, 4) is 0 Å². The zero-order valence-electron chi connectivity index (χ0n) is 11.5. The van der Waals surface area contributed by atoms with Crippen LogP contribution in [-0.2, 0) is 16.6 Å². The van der Waals surface area contributed by atoms with Gasteiger partial charge in [0.15, 0.2) is 0 Å². The minimum atomic E-state index is -3.62. The van der Waals surface area contributed by atoms with Crippen LogP contribution in [0, 0.1) is 5.82 Å². The van der Waals surface area contributed by atoms with Crippen molar-refractivity contribution in [3.63, 3.8) is 0 Å². The Hall–Kier alpha value is -0.980. The topological polar surface area (TPSA) is 57.6 Å². The summed E-state index contributed by atoms with van der Waals surface area (Å²) in [7, 11) is -3.62. The summed E-state index contributed by atoms with van der Waals surface area (Å²) >= 11 is 0. The summed E-state index contributed by atoms with van der Waals surface area (Å²) in [6, 6.07) is 3.61. The van der Waals surface area contributed by atoms with E-state index in [1.165, 1.54) is 16.4 Å². The summed E-state index contributed by atoms with van der Waals surface area (Å²) in [6.07, 6.45) is 3.52. The summed E-state index contributed by atoms with van der Waals surface area (Å²) in [4.78, 5) is 0.0586. The van der Waals surface area contributed by atoms with E-state index in [9.17, 15) is 12.8 Å².